The van der Waals surface area contributed by atoms with Gasteiger partial charge < -0.3 is 14.2 Å². The van der Waals surface area contributed by atoms with Gasteiger partial charge in [0.15, 0.2) is 11.5 Å². The molecular formula is C29H29FN2O6S. The predicted molar refractivity (Wildman–Crippen MR) is 145 cm³/mol. The fourth-order valence-corrected chi connectivity index (χ4v) is 6.40. The van der Waals surface area contributed by atoms with E-state index in [-0.39, 0.29) is 28.9 Å². The Balaban J connectivity index is 1.48. The molecule has 0 bridgehead atoms. The van der Waals surface area contributed by atoms with Crippen molar-refractivity contribution in [3.63, 3.8) is 0 Å². The topological polar surface area (TPSA) is 103 Å². The lowest BCUT2D eigenvalue weighted by atomic mass is 9.74. The van der Waals surface area contributed by atoms with Crippen molar-refractivity contribution in [2.75, 3.05) is 18.9 Å². The highest BCUT2D eigenvalue weighted by Gasteiger charge is 2.38. The fraction of sp³-hybridized carbons (Fsp3) is 0.310. The van der Waals surface area contributed by atoms with E-state index in [9.17, 15) is 17.6 Å². The van der Waals surface area contributed by atoms with Crippen molar-refractivity contribution in [2.24, 2.45) is 4.99 Å². The summed E-state index contributed by atoms with van der Waals surface area (Å²) in [5.74, 6) is 0.419. The summed E-state index contributed by atoms with van der Waals surface area (Å²) < 4.78 is 57.9. The van der Waals surface area contributed by atoms with Crippen LogP contribution in [0.1, 0.15) is 48.8 Å². The molecule has 0 spiro atoms. The van der Waals surface area contributed by atoms with E-state index in [0.717, 1.165) is 47.4 Å². The van der Waals surface area contributed by atoms with E-state index < -0.39 is 15.8 Å². The minimum absolute atomic E-state index is 0.00550. The summed E-state index contributed by atoms with van der Waals surface area (Å²) in [7, 11) is -0.710. The SMILES string of the molecule is COc1cc2c(cc1OC)C1CC(OC(C)=O)CCC1N=C2c1ccc(NS(=O)(=O)c2ccc(F)cc2)cc1. The van der Waals surface area contributed by atoms with Gasteiger partial charge >= 0.3 is 5.97 Å². The number of aliphatic imine (C=N–C) groups is 1. The van der Waals surface area contributed by atoms with E-state index in [4.69, 9.17) is 19.2 Å². The molecule has 1 heterocycles. The van der Waals surface area contributed by atoms with E-state index in [1.165, 1.54) is 19.1 Å². The standard InChI is InChI=1S/C29H29FN2O6S/c1-17(33)38-21-10-13-26-24(14-21)23-15-27(36-2)28(37-3)16-25(23)29(31-26)18-4-8-20(9-5-18)32-39(34,35)22-11-6-19(30)7-12-22/h4-9,11-12,15-16,21,24,26,32H,10,13-14H2,1-3H3. The van der Waals surface area contributed by atoms with Crippen LogP contribution in [0.15, 0.2) is 70.6 Å². The van der Waals surface area contributed by atoms with Gasteiger partial charge in [-0.1, -0.05) is 12.1 Å². The van der Waals surface area contributed by atoms with Crippen LogP contribution < -0.4 is 14.2 Å². The lowest BCUT2D eigenvalue weighted by molar-refractivity contribution is -0.148. The predicted octanol–water partition coefficient (Wildman–Crippen LogP) is 5.06. The molecule has 5 rings (SSSR count). The number of carbonyl (C=O) groups excluding carboxylic acids is 1. The molecule has 0 saturated heterocycles. The summed E-state index contributed by atoms with van der Waals surface area (Å²) in [6.07, 6.45) is 1.97. The fourth-order valence-electron chi connectivity index (χ4n) is 5.34. The second kappa shape index (κ2) is 10.7. The third-order valence-electron chi connectivity index (χ3n) is 7.14. The van der Waals surface area contributed by atoms with Gasteiger partial charge in [0.2, 0.25) is 0 Å². The first-order valence-corrected chi connectivity index (χ1v) is 14.1. The van der Waals surface area contributed by atoms with Crippen LogP contribution in [0.5, 0.6) is 11.5 Å². The number of sulfonamides is 1. The first kappa shape index (κ1) is 26.7. The molecule has 2 aliphatic rings. The number of ether oxygens (including phenoxy) is 3. The normalized spacial score (nSPS) is 20.2. The Kier molecular flexibility index (Phi) is 7.31. The zero-order chi connectivity index (χ0) is 27.7. The molecule has 8 nitrogen and oxygen atoms in total. The second-order valence-corrected chi connectivity index (χ2v) is 11.3. The minimum Gasteiger partial charge on any atom is -0.493 e. The molecule has 204 valence electrons. The molecule has 3 aromatic rings. The van der Waals surface area contributed by atoms with Gasteiger partial charge in [0.25, 0.3) is 10.0 Å². The highest BCUT2D eigenvalue weighted by molar-refractivity contribution is 7.92. The lowest BCUT2D eigenvalue weighted by Gasteiger charge is -2.38. The Morgan fingerprint density at radius 1 is 0.974 bits per heavy atom. The molecular weight excluding hydrogens is 523 g/mol. The Morgan fingerprint density at radius 3 is 2.28 bits per heavy atom. The average molecular weight is 553 g/mol. The number of fused-ring (bicyclic) bond motifs is 3. The van der Waals surface area contributed by atoms with Gasteiger partial charge in [-0.05, 0) is 73.4 Å². The van der Waals surface area contributed by atoms with Crippen molar-refractivity contribution in [3.05, 3.63) is 83.2 Å². The Labute approximate surface area is 226 Å². The van der Waals surface area contributed by atoms with Crippen LogP contribution in [-0.4, -0.2) is 46.5 Å². The number of methoxy groups -OCH3 is 2. The van der Waals surface area contributed by atoms with Crippen LogP contribution in [0.2, 0.25) is 0 Å². The third kappa shape index (κ3) is 5.47. The van der Waals surface area contributed by atoms with Crippen LogP contribution in [-0.2, 0) is 19.6 Å². The molecule has 1 N–H and O–H groups in total. The van der Waals surface area contributed by atoms with Crippen molar-refractivity contribution < 1.29 is 31.8 Å². The number of esters is 1. The minimum atomic E-state index is -3.88. The molecule has 3 unspecified atom stereocenters. The van der Waals surface area contributed by atoms with Gasteiger partial charge in [0.05, 0.1) is 30.9 Å². The number of rotatable bonds is 7. The number of anilines is 1. The molecule has 3 atom stereocenters. The quantitative estimate of drug-likeness (QED) is 0.411. The van der Waals surface area contributed by atoms with Crippen molar-refractivity contribution in [1.82, 2.24) is 0 Å². The maximum Gasteiger partial charge on any atom is 0.302 e. The molecule has 39 heavy (non-hydrogen) atoms. The second-order valence-electron chi connectivity index (χ2n) is 9.63. The van der Waals surface area contributed by atoms with Crippen molar-refractivity contribution in [3.8, 4) is 11.5 Å². The van der Waals surface area contributed by atoms with E-state index in [0.29, 0.717) is 23.6 Å². The molecule has 1 aliphatic heterocycles. The van der Waals surface area contributed by atoms with Gasteiger partial charge in [-0.25, -0.2) is 12.8 Å². The smallest absolute Gasteiger partial charge is 0.302 e. The summed E-state index contributed by atoms with van der Waals surface area (Å²) in [6.45, 7) is 1.43. The number of hydrogen-bond acceptors (Lipinski definition) is 7. The van der Waals surface area contributed by atoms with Gasteiger partial charge in [-0.3, -0.25) is 14.5 Å². The van der Waals surface area contributed by atoms with Crippen LogP contribution in [0, 0.1) is 5.82 Å². The van der Waals surface area contributed by atoms with Gasteiger partial charge in [0, 0.05) is 29.7 Å². The molecule has 1 aliphatic carbocycles. The molecule has 3 aromatic carbocycles. The number of carbonyl (C=O) groups is 1. The number of halogens is 1. The summed E-state index contributed by atoms with van der Waals surface area (Å²) in [5.41, 5.74) is 3.88. The number of hydrogen-bond donors (Lipinski definition) is 1. The summed E-state index contributed by atoms with van der Waals surface area (Å²) in [5, 5.41) is 0. The summed E-state index contributed by atoms with van der Waals surface area (Å²) in [4.78, 5) is 16.7. The molecule has 1 saturated carbocycles. The molecule has 0 aromatic heterocycles. The van der Waals surface area contributed by atoms with E-state index in [2.05, 4.69) is 4.72 Å². The van der Waals surface area contributed by atoms with Crippen LogP contribution in [0.3, 0.4) is 0 Å². The molecule has 0 amide bonds. The highest BCUT2D eigenvalue weighted by atomic mass is 32.2. The Morgan fingerprint density at radius 2 is 1.64 bits per heavy atom. The van der Waals surface area contributed by atoms with E-state index >= 15 is 0 Å². The van der Waals surface area contributed by atoms with Crippen LogP contribution in [0.25, 0.3) is 0 Å². The molecule has 10 heteroatoms. The lowest BCUT2D eigenvalue weighted by Crippen LogP contribution is -2.36. The number of nitrogens with zero attached hydrogens (tertiary/aromatic N) is 1. The first-order valence-electron chi connectivity index (χ1n) is 12.6. The van der Waals surface area contributed by atoms with Gasteiger partial charge in [-0.2, -0.15) is 0 Å². The zero-order valence-electron chi connectivity index (χ0n) is 21.8. The Bertz CT molecular complexity index is 1520. The largest absolute Gasteiger partial charge is 0.493 e. The van der Waals surface area contributed by atoms with Crippen molar-refractivity contribution >= 4 is 27.4 Å². The number of nitrogens with one attached hydrogen (secondary N) is 1. The summed E-state index contributed by atoms with van der Waals surface area (Å²) >= 11 is 0. The first-order chi connectivity index (χ1) is 18.7. The van der Waals surface area contributed by atoms with Crippen molar-refractivity contribution in [2.45, 2.75) is 49.1 Å². The van der Waals surface area contributed by atoms with Gasteiger partial charge in [-0.15, -0.1) is 0 Å². The average Bonchev–Trinajstić information content (AvgIpc) is 2.92. The Hall–Kier alpha value is -3.92. The van der Waals surface area contributed by atoms with Crippen LogP contribution in [0.4, 0.5) is 10.1 Å². The highest BCUT2D eigenvalue weighted by Crippen LogP contribution is 2.45. The van der Waals surface area contributed by atoms with Crippen LogP contribution >= 0.6 is 0 Å². The zero-order valence-corrected chi connectivity index (χ0v) is 22.6. The summed E-state index contributed by atoms with van der Waals surface area (Å²) in [6, 6.07) is 15.5. The van der Waals surface area contributed by atoms with Gasteiger partial charge in [0.1, 0.15) is 11.9 Å². The van der Waals surface area contributed by atoms with Crippen molar-refractivity contribution in [1.29, 1.82) is 0 Å². The van der Waals surface area contributed by atoms with E-state index in [1.807, 2.05) is 24.3 Å². The maximum atomic E-state index is 13.2. The third-order valence-corrected chi connectivity index (χ3v) is 8.54. The van der Waals surface area contributed by atoms with E-state index in [1.54, 1.807) is 26.4 Å². The molecule has 1 fully saturated rings. The maximum absolute atomic E-state index is 13.2. The molecule has 0 radical (unpaired) electrons. The monoisotopic (exact) mass is 552 g/mol. The number of benzene rings is 3.